The number of ether oxygens (including phenoxy) is 1. The molecule has 35 heavy (non-hydrogen) atoms. The second-order valence-corrected chi connectivity index (χ2v) is 31.5. The van der Waals surface area contributed by atoms with Gasteiger partial charge in [-0.15, -0.1) is 0 Å². The first kappa shape index (κ1) is 30.9. The quantitative estimate of drug-likeness (QED) is 0.308. The predicted molar refractivity (Wildman–Crippen MR) is 157 cm³/mol. The summed E-state index contributed by atoms with van der Waals surface area (Å²) < 4.78 is 34.2. The van der Waals surface area contributed by atoms with E-state index in [1.165, 1.54) is 5.56 Å². The fourth-order valence-corrected chi connectivity index (χ4v) is 8.74. The summed E-state index contributed by atoms with van der Waals surface area (Å²) >= 11 is 0. The lowest BCUT2D eigenvalue weighted by Crippen LogP contribution is -2.71. The molecule has 202 valence electrons. The molecule has 1 aliphatic heterocycles. The summed E-state index contributed by atoms with van der Waals surface area (Å²) in [6.07, 6.45) is -0.849. The highest BCUT2D eigenvalue weighted by Gasteiger charge is 2.57. The number of rotatable bonds is 11. The van der Waals surface area contributed by atoms with Crippen molar-refractivity contribution in [2.75, 3.05) is 18.5 Å². The number of hydrogen-bond donors (Lipinski definition) is 1. The highest BCUT2D eigenvalue weighted by Crippen LogP contribution is 2.39. The van der Waals surface area contributed by atoms with E-state index in [2.05, 4.69) is 115 Å². The van der Waals surface area contributed by atoms with Crippen LogP contribution in [0.15, 0.2) is 24.3 Å². The maximum absolute atomic E-state index is 6.96. The Hall–Kier alpha value is -0.312. The van der Waals surface area contributed by atoms with Crippen molar-refractivity contribution >= 4 is 39.0 Å². The highest BCUT2D eigenvalue weighted by atomic mass is 28.4. The van der Waals surface area contributed by atoms with Crippen LogP contribution in [0.2, 0.25) is 78.6 Å². The van der Waals surface area contributed by atoms with Gasteiger partial charge in [0.2, 0.25) is 5.79 Å². The van der Waals surface area contributed by atoms with Crippen molar-refractivity contribution in [2.45, 2.75) is 110 Å². The first-order valence-electron chi connectivity index (χ1n) is 12.9. The second kappa shape index (κ2) is 11.2. The van der Waals surface area contributed by atoms with E-state index in [1.54, 1.807) is 0 Å². The molecule has 1 aliphatic rings. The van der Waals surface area contributed by atoms with Crippen LogP contribution >= 0.6 is 0 Å². The van der Waals surface area contributed by atoms with Crippen molar-refractivity contribution in [1.29, 1.82) is 0 Å². The minimum Gasteiger partial charge on any atom is -0.410 e. The van der Waals surface area contributed by atoms with Gasteiger partial charge in [-0.25, -0.2) is 0 Å². The molecule has 0 aromatic heterocycles. The van der Waals surface area contributed by atoms with Gasteiger partial charge in [-0.2, -0.15) is 0 Å². The molecule has 1 aromatic rings. The summed E-state index contributed by atoms with van der Waals surface area (Å²) in [6.45, 7) is 29.6. The van der Waals surface area contributed by atoms with Crippen molar-refractivity contribution in [1.82, 2.24) is 0 Å². The molecule has 0 unspecified atom stereocenters. The molecule has 0 bridgehead atoms. The Labute approximate surface area is 218 Å². The minimum absolute atomic E-state index is 0.188. The minimum atomic E-state index is -2.04. The Morgan fingerprint density at radius 3 is 1.74 bits per heavy atom. The number of aryl methyl sites for hydroxylation is 1. The molecule has 0 amide bonds. The first-order valence-corrected chi connectivity index (χ1v) is 26.5. The predicted octanol–water partition coefficient (Wildman–Crippen LogP) is 6.65. The number of nitrogens with one attached hydrogen (secondary N) is 1. The maximum atomic E-state index is 6.96. The third-order valence-electron chi connectivity index (χ3n) is 5.13. The summed E-state index contributed by atoms with van der Waals surface area (Å²) in [6, 6.07) is 8.42. The lowest BCUT2D eigenvalue weighted by Gasteiger charge is -2.54. The van der Waals surface area contributed by atoms with Crippen LogP contribution in [0.3, 0.4) is 0 Å². The summed E-state index contributed by atoms with van der Waals surface area (Å²) in [7, 11) is -7.85. The maximum Gasteiger partial charge on any atom is 0.204 e. The molecule has 0 saturated carbocycles. The molecule has 1 N–H and O–H groups in total. The van der Waals surface area contributed by atoms with Crippen LogP contribution < -0.4 is 5.32 Å². The molecule has 4 atom stereocenters. The van der Waals surface area contributed by atoms with Crippen LogP contribution in [0.25, 0.3) is 0 Å². The summed E-state index contributed by atoms with van der Waals surface area (Å²) in [4.78, 5) is 0. The zero-order valence-electron chi connectivity index (χ0n) is 24.5. The van der Waals surface area contributed by atoms with E-state index in [0.29, 0.717) is 13.2 Å². The normalized spacial score (nSPS) is 26.6. The Kier molecular flexibility index (Phi) is 9.89. The van der Waals surface area contributed by atoms with Crippen LogP contribution in [0.4, 0.5) is 5.69 Å². The monoisotopic (exact) mass is 557 g/mol. The van der Waals surface area contributed by atoms with Gasteiger partial charge in [0.1, 0.15) is 12.2 Å². The van der Waals surface area contributed by atoms with Gasteiger partial charge in [-0.1, -0.05) is 17.7 Å². The molecule has 0 aliphatic carbocycles. The molecule has 0 spiro atoms. The molecule has 1 fully saturated rings. The zero-order valence-corrected chi connectivity index (χ0v) is 28.5. The first-order chi connectivity index (χ1) is 15.7. The SMILES string of the molecule is Cc1ccc(NC[C@@]2(O[Si](C)(C)C)OC[C@@H](O[Si](C)(C)C)[C@@H](O[Si](C)(C)C)[C@@H]2O[Si](C)(C)C)cc1. The van der Waals surface area contributed by atoms with E-state index in [4.69, 9.17) is 22.4 Å². The lowest BCUT2D eigenvalue weighted by molar-refractivity contribution is -0.295. The molecule has 6 nitrogen and oxygen atoms in total. The van der Waals surface area contributed by atoms with Crippen molar-refractivity contribution in [2.24, 2.45) is 0 Å². The third-order valence-corrected chi connectivity index (χ3v) is 9.04. The average Bonchev–Trinajstić information content (AvgIpc) is 2.62. The summed E-state index contributed by atoms with van der Waals surface area (Å²) in [5.74, 6) is -0.973. The van der Waals surface area contributed by atoms with E-state index in [0.717, 1.165) is 5.69 Å². The Morgan fingerprint density at radius 2 is 1.29 bits per heavy atom. The van der Waals surface area contributed by atoms with Gasteiger partial charge in [-0.05, 0) is 97.6 Å². The molecule has 10 heteroatoms. The zero-order chi connectivity index (χ0) is 26.9. The van der Waals surface area contributed by atoms with E-state index in [1.807, 2.05) is 0 Å². The Morgan fingerprint density at radius 1 is 0.771 bits per heavy atom. The van der Waals surface area contributed by atoms with Crippen molar-refractivity contribution in [3.63, 3.8) is 0 Å². The standard InChI is InChI=1S/C25H51NO5Si4/c1-20-14-16-21(17-15-20)26-19-25(31-35(11,12)13)24(30-34(8,9)10)23(29-33(5,6)7)22(18-27-25)28-32(2,3)4/h14-17,22-24,26H,18-19H2,1-13H3/t22-,23-,24+,25+/m1/s1. The van der Waals surface area contributed by atoms with Gasteiger partial charge >= 0.3 is 0 Å². The van der Waals surface area contributed by atoms with Crippen molar-refractivity contribution in [3.8, 4) is 0 Å². The Bertz CT molecular complexity index is 812. The third kappa shape index (κ3) is 10.5. The van der Waals surface area contributed by atoms with Crippen molar-refractivity contribution in [3.05, 3.63) is 29.8 Å². The number of anilines is 1. The van der Waals surface area contributed by atoms with E-state index in [9.17, 15) is 0 Å². The molecule has 0 radical (unpaired) electrons. The molecule has 1 aromatic carbocycles. The van der Waals surface area contributed by atoms with Crippen LogP contribution in [0.1, 0.15) is 5.56 Å². The van der Waals surface area contributed by atoms with Crippen LogP contribution in [0.5, 0.6) is 0 Å². The van der Waals surface area contributed by atoms with Crippen LogP contribution in [-0.4, -0.2) is 70.5 Å². The van der Waals surface area contributed by atoms with Gasteiger partial charge in [0.05, 0.1) is 19.3 Å². The van der Waals surface area contributed by atoms with E-state index < -0.39 is 45.2 Å². The second-order valence-electron chi connectivity index (χ2n) is 13.7. The largest absolute Gasteiger partial charge is 0.410 e. The number of hydrogen-bond acceptors (Lipinski definition) is 6. The summed E-state index contributed by atoms with van der Waals surface area (Å²) in [5.41, 5.74) is 2.26. The van der Waals surface area contributed by atoms with Gasteiger partial charge < -0.3 is 27.8 Å². The molecule has 1 saturated heterocycles. The van der Waals surface area contributed by atoms with Crippen LogP contribution in [-0.2, 0) is 22.4 Å². The summed E-state index contributed by atoms with van der Waals surface area (Å²) in [5, 5.41) is 3.60. The van der Waals surface area contributed by atoms with Gasteiger partial charge in [0.25, 0.3) is 0 Å². The molecular formula is C25H51NO5Si4. The van der Waals surface area contributed by atoms with Gasteiger partial charge in [0, 0.05) is 5.69 Å². The molecule has 2 rings (SSSR count). The van der Waals surface area contributed by atoms with Crippen molar-refractivity contribution < 1.29 is 22.4 Å². The molecule has 1 heterocycles. The fraction of sp³-hybridized carbons (Fsp3) is 0.760. The average molecular weight is 558 g/mol. The fourth-order valence-electron chi connectivity index (χ4n) is 4.17. The highest BCUT2D eigenvalue weighted by molar-refractivity contribution is 6.71. The number of benzene rings is 1. The smallest absolute Gasteiger partial charge is 0.204 e. The lowest BCUT2D eigenvalue weighted by atomic mass is 9.96. The van der Waals surface area contributed by atoms with Crippen LogP contribution in [0, 0.1) is 6.92 Å². The van der Waals surface area contributed by atoms with E-state index in [-0.39, 0.29) is 12.2 Å². The molecular weight excluding hydrogens is 507 g/mol. The van der Waals surface area contributed by atoms with Gasteiger partial charge in [0.15, 0.2) is 33.3 Å². The van der Waals surface area contributed by atoms with Gasteiger partial charge in [-0.3, -0.25) is 0 Å². The van der Waals surface area contributed by atoms with E-state index >= 15 is 0 Å². The Balaban J connectivity index is 2.56. The topological polar surface area (TPSA) is 58.2 Å².